The van der Waals surface area contributed by atoms with Crippen LogP contribution in [-0.4, -0.2) is 4.98 Å². The summed E-state index contributed by atoms with van der Waals surface area (Å²) in [6, 6.07) is 4.65. The highest BCUT2D eigenvalue weighted by Gasteiger charge is 2.03. The molecule has 1 aromatic carbocycles. The van der Waals surface area contributed by atoms with Crippen LogP contribution >= 0.6 is 45.5 Å². The molecule has 0 saturated carbocycles. The monoisotopic (exact) mass is 368 g/mol. The topological polar surface area (TPSA) is 24.9 Å². The first-order valence-corrected chi connectivity index (χ1v) is 6.71. The molecule has 0 radical (unpaired) electrons. The van der Waals surface area contributed by atoms with E-state index in [2.05, 4.69) is 32.9 Å². The van der Waals surface area contributed by atoms with E-state index in [1.807, 2.05) is 0 Å². The molecule has 0 amide bonds. The van der Waals surface area contributed by atoms with Crippen molar-refractivity contribution in [1.82, 2.24) is 4.98 Å². The molecule has 16 heavy (non-hydrogen) atoms. The second-order valence-electron chi connectivity index (χ2n) is 3.06. The van der Waals surface area contributed by atoms with Gasteiger partial charge in [0.1, 0.15) is 5.82 Å². The highest BCUT2D eigenvalue weighted by Crippen LogP contribution is 2.22. The van der Waals surface area contributed by atoms with Gasteiger partial charge in [0.05, 0.1) is 6.54 Å². The number of nitrogens with one attached hydrogen (secondary N) is 1. The van der Waals surface area contributed by atoms with Crippen molar-refractivity contribution in [3.63, 3.8) is 0 Å². The Kier molecular flexibility index (Phi) is 3.99. The van der Waals surface area contributed by atoms with Crippen molar-refractivity contribution < 1.29 is 4.39 Å². The van der Waals surface area contributed by atoms with E-state index in [-0.39, 0.29) is 5.82 Å². The van der Waals surface area contributed by atoms with Gasteiger partial charge >= 0.3 is 0 Å². The molecule has 84 valence electrons. The number of anilines is 1. The van der Waals surface area contributed by atoms with Gasteiger partial charge in [-0.05, 0) is 40.8 Å². The maximum atomic E-state index is 12.9. The van der Waals surface area contributed by atoms with Gasteiger partial charge in [0.25, 0.3) is 0 Å². The maximum Gasteiger partial charge on any atom is 0.183 e. The van der Waals surface area contributed by atoms with Crippen LogP contribution in [0.25, 0.3) is 0 Å². The smallest absolute Gasteiger partial charge is 0.183 e. The summed E-state index contributed by atoms with van der Waals surface area (Å²) in [7, 11) is 0. The van der Waals surface area contributed by atoms with Crippen LogP contribution in [0.4, 0.5) is 10.1 Å². The first kappa shape index (κ1) is 12.1. The molecule has 0 saturated heterocycles. The van der Waals surface area contributed by atoms with Crippen LogP contribution in [0.2, 0.25) is 4.47 Å². The van der Waals surface area contributed by atoms with Crippen LogP contribution in [0.5, 0.6) is 0 Å². The zero-order valence-electron chi connectivity index (χ0n) is 8.01. The number of rotatable bonds is 3. The third-order valence-corrected chi connectivity index (χ3v) is 3.92. The molecule has 0 aliphatic heterocycles. The standard InChI is InChI=1S/C10H7ClFIN2S/c11-10-15-5-7(16-10)4-14-9-2-1-6(12)3-8(9)13/h1-3,5,14H,4H2. The molecule has 0 atom stereocenters. The molecule has 2 rings (SSSR count). The Morgan fingerprint density at radius 2 is 2.31 bits per heavy atom. The van der Waals surface area contributed by atoms with E-state index in [0.717, 1.165) is 14.1 Å². The van der Waals surface area contributed by atoms with Crippen molar-refractivity contribution in [2.24, 2.45) is 0 Å². The van der Waals surface area contributed by atoms with Crippen molar-refractivity contribution in [3.05, 3.63) is 43.1 Å². The van der Waals surface area contributed by atoms with Crippen molar-refractivity contribution in [3.8, 4) is 0 Å². The Labute approximate surface area is 115 Å². The van der Waals surface area contributed by atoms with Crippen molar-refractivity contribution in [1.29, 1.82) is 0 Å². The van der Waals surface area contributed by atoms with E-state index in [1.54, 1.807) is 12.3 Å². The van der Waals surface area contributed by atoms with Gasteiger partial charge in [0.15, 0.2) is 4.47 Å². The summed E-state index contributed by atoms with van der Waals surface area (Å²) in [5.41, 5.74) is 0.909. The van der Waals surface area contributed by atoms with Gasteiger partial charge in [-0.3, -0.25) is 0 Å². The molecule has 6 heteroatoms. The van der Waals surface area contributed by atoms with Crippen LogP contribution in [0.3, 0.4) is 0 Å². The van der Waals surface area contributed by atoms with E-state index in [9.17, 15) is 4.39 Å². The number of hydrogen-bond acceptors (Lipinski definition) is 3. The van der Waals surface area contributed by atoms with Gasteiger partial charge in [0, 0.05) is 20.3 Å². The van der Waals surface area contributed by atoms with Crippen molar-refractivity contribution >= 4 is 51.2 Å². The zero-order valence-corrected chi connectivity index (χ0v) is 11.7. The molecule has 2 aromatic rings. The molecule has 1 aromatic heterocycles. The molecule has 0 aliphatic carbocycles. The van der Waals surface area contributed by atoms with E-state index in [0.29, 0.717) is 11.0 Å². The SMILES string of the molecule is Fc1ccc(NCc2cnc(Cl)s2)c(I)c1. The summed E-state index contributed by atoms with van der Waals surface area (Å²) in [4.78, 5) is 4.99. The van der Waals surface area contributed by atoms with E-state index >= 15 is 0 Å². The lowest BCUT2D eigenvalue weighted by molar-refractivity contribution is 0.627. The number of benzene rings is 1. The van der Waals surface area contributed by atoms with Crippen LogP contribution in [-0.2, 0) is 6.54 Å². The van der Waals surface area contributed by atoms with Gasteiger partial charge in [-0.1, -0.05) is 11.6 Å². The number of aromatic nitrogens is 1. The summed E-state index contributed by atoms with van der Waals surface area (Å²) in [5.74, 6) is -0.226. The zero-order chi connectivity index (χ0) is 11.5. The Hall–Kier alpha value is -0.400. The van der Waals surface area contributed by atoms with Gasteiger partial charge in [0.2, 0.25) is 0 Å². The fourth-order valence-electron chi connectivity index (χ4n) is 1.18. The lowest BCUT2D eigenvalue weighted by atomic mass is 10.3. The van der Waals surface area contributed by atoms with Crippen LogP contribution in [0, 0.1) is 9.39 Å². The molecule has 2 nitrogen and oxygen atoms in total. The van der Waals surface area contributed by atoms with Crippen molar-refractivity contribution in [2.45, 2.75) is 6.54 Å². The quantitative estimate of drug-likeness (QED) is 0.823. The van der Waals surface area contributed by atoms with E-state index in [4.69, 9.17) is 11.6 Å². The summed E-state index contributed by atoms with van der Waals surface area (Å²) >= 11 is 9.25. The van der Waals surface area contributed by atoms with Crippen molar-refractivity contribution in [2.75, 3.05) is 5.32 Å². The minimum atomic E-state index is -0.226. The molecule has 1 N–H and O–H groups in total. The summed E-state index contributed by atoms with van der Waals surface area (Å²) in [6.07, 6.45) is 1.73. The third-order valence-electron chi connectivity index (χ3n) is 1.91. The lowest BCUT2D eigenvalue weighted by Gasteiger charge is -2.06. The van der Waals surface area contributed by atoms with E-state index < -0.39 is 0 Å². The maximum absolute atomic E-state index is 12.9. The van der Waals surface area contributed by atoms with Crippen LogP contribution in [0.15, 0.2) is 24.4 Å². The number of hydrogen-bond donors (Lipinski definition) is 1. The molecule has 0 bridgehead atoms. The second kappa shape index (κ2) is 5.29. The summed E-state index contributed by atoms with van der Waals surface area (Å²) in [5, 5.41) is 3.21. The van der Waals surface area contributed by atoms with Gasteiger partial charge in [-0.25, -0.2) is 9.37 Å². The Balaban J connectivity index is 2.04. The van der Waals surface area contributed by atoms with Gasteiger partial charge < -0.3 is 5.32 Å². The van der Waals surface area contributed by atoms with Crippen LogP contribution < -0.4 is 5.32 Å². The molecule has 0 spiro atoms. The highest BCUT2D eigenvalue weighted by molar-refractivity contribution is 14.1. The van der Waals surface area contributed by atoms with Crippen LogP contribution in [0.1, 0.15) is 4.88 Å². The number of nitrogens with zero attached hydrogens (tertiary/aromatic N) is 1. The summed E-state index contributed by atoms with van der Waals surface area (Å²) < 4.78 is 14.2. The summed E-state index contributed by atoms with van der Waals surface area (Å²) in [6.45, 7) is 0.645. The minimum Gasteiger partial charge on any atom is -0.379 e. The predicted octanol–water partition coefficient (Wildman–Crippen LogP) is 4.15. The third kappa shape index (κ3) is 3.05. The fraction of sp³-hybridized carbons (Fsp3) is 0.100. The average molecular weight is 369 g/mol. The van der Waals surface area contributed by atoms with E-state index in [1.165, 1.54) is 23.5 Å². The lowest BCUT2D eigenvalue weighted by Crippen LogP contribution is -1.99. The normalized spacial score (nSPS) is 10.4. The molecular weight excluding hydrogens is 362 g/mol. The van der Waals surface area contributed by atoms with Gasteiger partial charge in [-0.15, -0.1) is 11.3 Å². The first-order valence-electron chi connectivity index (χ1n) is 4.44. The largest absolute Gasteiger partial charge is 0.379 e. The Morgan fingerprint density at radius 1 is 1.50 bits per heavy atom. The second-order valence-corrected chi connectivity index (χ2v) is 5.92. The van der Waals surface area contributed by atoms with Gasteiger partial charge in [-0.2, -0.15) is 0 Å². The number of thiazole rings is 1. The molecule has 1 heterocycles. The Bertz CT molecular complexity index is 503. The fourth-order valence-corrected chi connectivity index (χ4v) is 2.77. The number of halogens is 3. The predicted molar refractivity (Wildman–Crippen MR) is 73.6 cm³/mol. The average Bonchev–Trinajstić information content (AvgIpc) is 2.63. The molecular formula is C10H7ClFIN2S. The highest BCUT2D eigenvalue weighted by atomic mass is 127. The minimum absolute atomic E-state index is 0.226. The molecule has 0 aliphatic rings. The molecule has 0 fully saturated rings. The first-order chi connectivity index (χ1) is 7.65. The Morgan fingerprint density at radius 3 is 2.94 bits per heavy atom. The molecule has 0 unspecified atom stereocenters.